The highest BCUT2D eigenvalue weighted by Crippen LogP contribution is 2.35. The van der Waals surface area contributed by atoms with Gasteiger partial charge in [-0.15, -0.1) is 13.2 Å². The van der Waals surface area contributed by atoms with Crippen LogP contribution in [0.5, 0.6) is 11.5 Å². The second-order valence-electron chi connectivity index (χ2n) is 7.70. The van der Waals surface area contributed by atoms with E-state index in [9.17, 15) is 18.0 Å². The first-order chi connectivity index (χ1) is 14.3. The Bertz CT molecular complexity index is 923. The quantitative estimate of drug-likeness (QED) is 0.699. The zero-order valence-corrected chi connectivity index (χ0v) is 16.5. The van der Waals surface area contributed by atoms with Crippen LogP contribution in [0.2, 0.25) is 6.32 Å². The smallest absolute Gasteiger partial charge is 0.491 e. The van der Waals surface area contributed by atoms with Crippen LogP contribution in [0.1, 0.15) is 10.4 Å². The van der Waals surface area contributed by atoms with Crippen molar-refractivity contribution in [2.75, 3.05) is 32.9 Å². The average Bonchev–Trinajstić information content (AvgIpc) is 2.83. The minimum absolute atomic E-state index is 0.00785. The molecule has 30 heavy (non-hydrogen) atoms. The minimum Gasteiger partial charge on any atom is -0.491 e. The molecule has 2 heterocycles. The summed E-state index contributed by atoms with van der Waals surface area (Å²) in [6, 6.07) is 10.8. The number of rotatable bonds is 5. The molecule has 2 aromatic rings. The molecule has 2 aliphatic rings. The fraction of sp³-hybridized carbons (Fsp3) is 0.381. The van der Waals surface area contributed by atoms with Gasteiger partial charge in [-0.3, -0.25) is 4.79 Å². The Kier molecular flexibility index (Phi) is 5.40. The van der Waals surface area contributed by atoms with Crippen LogP contribution in [0.25, 0.3) is 11.1 Å². The maximum atomic E-state index is 13.2. The Morgan fingerprint density at radius 1 is 1.10 bits per heavy atom. The van der Waals surface area contributed by atoms with E-state index in [0.717, 1.165) is 6.32 Å². The van der Waals surface area contributed by atoms with Gasteiger partial charge in [-0.25, -0.2) is 0 Å². The highest BCUT2D eigenvalue weighted by atomic mass is 19.4. The maximum Gasteiger partial charge on any atom is 0.573 e. The van der Waals surface area contributed by atoms with E-state index >= 15 is 0 Å². The van der Waals surface area contributed by atoms with Gasteiger partial charge in [0, 0.05) is 12.0 Å². The monoisotopic (exact) mass is 419 g/mol. The van der Waals surface area contributed by atoms with E-state index in [0.29, 0.717) is 55.4 Å². The Hall–Kier alpha value is -2.68. The number of ether oxygens (including phenoxy) is 3. The van der Waals surface area contributed by atoms with Crippen LogP contribution in [0.15, 0.2) is 42.5 Å². The second kappa shape index (κ2) is 7.87. The molecule has 5 nitrogen and oxygen atoms in total. The largest absolute Gasteiger partial charge is 0.573 e. The van der Waals surface area contributed by atoms with Crippen molar-refractivity contribution < 1.29 is 32.2 Å². The normalized spacial score (nSPS) is 18.1. The number of halogens is 3. The summed E-state index contributed by atoms with van der Waals surface area (Å²) in [6.07, 6.45) is -3.81. The SMILES string of the molecule is BCC1(CN2CCOc3ccc(-c4ccc(OC(F)(F)F)cc4)cc3C2=O)COC1. The first-order valence-electron chi connectivity index (χ1n) is 9.79. The van der Waals surface area contributed by atoms with Crippen LogP contribution >= 0.6 is 0 Å². The van der Waals surface area contributed by atoms with Crippen molar-refractivity contribution in [1.29, 1.82) is 0 Å². The molecular weight excluding hydrogens is 398 g/mol. The van der Waals surface area contributed by atoms with Crippen LogP contribution in [-0.2, 0) is 4.74 Å². The molecule has 0 saturated carbocycles. The molecule has 158 valence electrons. The molecule has 4 rings (SSSR count). The Morgan fingerprint density at radius 2 is 1.80 bits per heavy atom. The molecular formula is C21H21BF3NO4. The molecule has 9 heteroatoms. The van der Waals surface area contributed by atoms with Gasteiger partial charge in [0.05, 0.1) is 25.3 Å². The number of hydrogen-bond donors (Lipinski definition) is 0. The van der Waals surface area contributed by atoms with Gasteiger partial charge in [0.1, 0.15) is 26.0 Å². The molecule has 1 amide bonds. The van der Waals surface area contributed by atoms with Gasteiger partial charge in [0.25, 0.3) is 5.91 Å². The number of alkyl halides is 3. The third-order valence-electron chi connectivity index (χ3n) is 5.63. The zero-order chi connectivity index (χ0) is 21.4. The summed E-state index contributed by atoms with van der Waals surface area (Å²) < 4.78 is 52.1. The fourth-order valence-electron chi connectivity index (χ4n) is 3.74. The van der Waals surface area contributed by atoms with E-state index in [2.05, 4.69) is 12.6 Å². The van der Waals surface area contributed by atoms with Crippen molar-refractivity contribution in [1.82, 2.24) is 4.90 Å². The lowest BCUT2D eigenvalue weighted by atomic mass is 9.74. The first-order valence-corrected chi connectivity index (χ1v) is 9.79. The summed E-state index contributed by atoms with van der Waals surface area (Å²) in [6.45, 7) is 2.80. The topological polar surface area (TPSA) is 48.0 Å². The Labute approximate surface area is 173 Å². The van der Waals surface area contributed by atoms with Gasteiger partial charge in [-0.1, -0.05) is 24.5 Å². The van der Waals surface area contributed by atoms with Crippen molar-refractivity contribution in [3.05, 3.63) is 48.0 Å². The molecule has 0 N–H and O–H groups in total. The van der Waals surface area contributed by atoms with Crippen LogP contribution in [-0.4, -0.2) is 57.9 Å². The third kappa shape index (κ3) is 4.26. The molecule has 0 bridgehead atoms. The van der Waals surface area contributed by atoms with Gasteiger partial charge in [0.15, 0.2) is 0 Å². The number of amides is 1. The van der Waals surface area contributed by atoms with Gasteiger partial charge in [0.2, 0.25) is 0 Å². The average molecular weight is 419 g/mol. The summed E-state index contributed by atoms with van der Waals surface area (Å²) in [5.41, 5.74) is 1.83. The fourth-order valence-corrected chi connectivity index (χ4v) is 3.74. The maximum absolute atomic E-state index is 13.2. The van der Waals surface area contributed by atoms with E-state index in [1.165, 1.54) is 24.3 Å². The Balaban J connectivity index is 1.58. The molecule has 2 aromatic carbocycles. The van der Waals surface area contributed by atoms with E-state index in [1.807, 2.05) is 4.90 Å². The summed E-state index contributed by atoms with van der Waals surface area (Å²) in [5, 5.41) is 0. The van der Waals surface area contributed by atoms with Crippen molar-refractivity contribution in [3.8, 4) is 22.6 Å². The number of fused-ring (bicyclic) bond motifs is 1. The zero-order valence-electron chi connectivity index (χ0n) is 16.5. The summed E-state index contributed by atoms with van der Waals surface area (Å²) >= 11 is 0. The molecule has 0 radical (unpaired) electrons. The highest BCUT2D eigenvalue weighted by Gasteiger charge is 2.40. The lowest BCUT2D eigenvalue weighted by Crippen LogP contribution is -2.52. The predicted molar refractivity (Wildman–Crippen MR) is 107 cm³/mol. The lowest BCUT2D eigenvalue weighted by molar-refractivity contribution is -0.274. The first kappa shape index (κ1) is 20.6. The predicted octanol–water partition coefficient (Wildman–Crippen LogP) is 3.15. The summed E-state index contributed by atoms with van der Waals surface area (Å²) in [5.74, 6) is 0.110. The van der Waals surface area contributed by atoms with E-state index in [1.54, 1.807) is 18.2 Å². The number of carbonyl (C=O) groups excluding carboxylic acids is 1. The van der Waals surface area contributed by atoms with Crippen molar-refractivity contribution in [2.45, 2.75) is 12.7 Å². The molecule has 0 aliphatic carbocycles. The molecule has 2 aliphatic heterocycles. The number of hydrogen-bond acceptors (Lipinski definition) is 4. The van der Waals surface area contributed by atoms with Crippen molar-refractivity contribution in [2.24, 2.45) is 5.41 Å². The Morgan fingerprint density at radius 3 is 2.40 bits per heavy atom. The van der Waals surface area contributed by atoms with Crippen LogP contribution in [0.3, 0.4) is 0 Å². The molecule has 0 atom stereocenters. The lowest BCUT2D eigenvalue weighted by Gasteiger charge is -2.44. The van der Waals surface area contributed by atoms with Gasteiger partial charge < -0.3 is 19.1 Å². The van der Waals surface area contributed by atoms with E-state index in [4.69, 9.17) is 9.47 Å². The van der Waals surface area contributed by atoms with Gasteiger partial charge in [-0.05, 0) is 35.4 Å². The van der Waals surface area contributed by atoms with E-state index in [-0.39, 0.29) is 17.1 Å². The molecule has 1 saturated heterocycles. The number of carbonyl (C=O) groups is 1. The third-order valence-corrected chi connectivity index (χ3v) is 5.63. The molecule has 0 aromatic heterocycles. The number of nitrogens with zero attached hydrogens (tertiary/aromatic N) is 1. The summed E-state index contributed by atoms with van der Waals surface area (Å²) in [7, 11) is 2.10. The minimum atomic E-state index is -4.74. The molecule has 1 fully saturated rings. The van der Waals surface area contributed by atoms with Crippen LogP contribution < -0.4 is 9.47 Å². The van der Waals surface area contributed by atoms with Gasteiger partial charge >= 0.3 is 6.36 Å². The standard InChI is InChI=1S/C21H21BF3NO4/c22-10-20(12-28-13-20)11-26-7-8-29-18-6-3-15(9-17(18)19(26)27)14-1-4-16(5-2-14)30-21(23,24)25/h1-6,9H,7-8,10-13,22H2. The summed E-state index contributed by atoms with van der Waals surface area (Å²) in [4.78, 5) is 15.0. The van der Waals surface area contributed by atoms with Gasteiger partial charge in [-0.2, -0.15) is 0 Å². The van der Waals surface area contributed by atoms with E-state index < -0.39 is 6.36 Å². The van der Waals surface area contributed by atoms with Crippen molar-refractivity contribution >= 4 is 13.8 Å². The van der Waals surface area contributed by atoms with Crippen LogP contribution in [0, 0.1) is 5.41 Å². The molecule has 0 unspecified atom stereocenters. The second-order valence-corrected chi connectivity index (χ2v) is 7.70. The van der Waals surface area contributed by atoms with Crippen LogP contribution in [0.4, 0.5) is 13.2 Å². The van der Waals surface area contributed by atoms with Crippen molar-refractivity contribution in [3.63, 3.8) is 0 Å². The molecule has 0 spiro atoms. The number of benzene rings is 2. The highest BCUT2D eigenvalue weighted by molar-refractivity contribution is 6.09.